The molecule has 106 valence electrons. The molecular weight excluding hydrogens is 224 g/mol. The van der Waals surface area contributed by atoms with E-state index in [0.29, 0.717) is 12.1 Å². The van der Waals surface area contributed by atoms with Crippen molar-refractivity contribution in [3.63, 3.8) is 0 Å². The Kier molecular flexibility index (Phi) is 4.68. The molecule has 3 atom stereocenters. The summed E-state index contributed by atoms with van der Waals surface area (Å²) in [6.45, 7) is 13.6. The van der Waals surface area contributed by atoms with Crippen LogP contribution in [0, 0.1) is 5.92 Å². The van der Waals surface area contributed by atoms with E-state index >= 15 is 0 Å². The molecule has 0 aromatic heterocycles. The van der Waals surface area contributed by atoms with Crippen molar-refractivity contribution in [2.45, 2.75) is 64.6 Å². The van der Waals surface area contributed by atoms with Crippen molar-refractivity contribution in [2.75, 3.05) is 26.2 Å². The summed E-state index contributed by atoms with van der Waals surface area (Å²) in [7, 11) is 0. The van der Waals surface area contributed by atoms with Crippen LogP contribution in [0.15, 0.2) is 0 Å². The van der Waals surface area contributed by atoms with Gasteiger partial charge < -0.3 is 10.1 Å². The number of nitrogens with zero attached hydrogens (tertiary/aromatic N) is 1. The Balaban J connectivity index is 1.89. The van der Waals surface area contributed by atoms with Gasteiger partial charge in [-0.3, -0.25) is 4.90 Å². The average Bonchev–Trinajstić information content (AvgIpc) is 2.69. The first-order valence-corrected chi connectivity index (χ1v) is 7.60. The van der Waals surface area contributed by atoms with Gasteiger partial charge in [0.25, 0.3) is 0 Å². The minimum Gasteiger partial charge on any atom is -0.374 e. The Hall–Kier alpha value is -0.120. The highest BCUT2D eigenvalue weighted by Gasteiger charge is 2.35. The molecule has 0 aliphatic carbocycles. The summed E-state index contributed by atoms with van der Waals surface area (Å²) in [6.07, 6.45) is 3.73. The van der Waals surface area contributed by atoms with Gasteiger partial charge in [0, 0.05) is 38.3 Å². The number of piperazine rings is 1. The monoisotopic (exact) mass is 254 g/mol. The van der Waals surface area contributed by atoms with Crippen LogP contribution in [0.2, 0.25) is 0 Å². The predicted molar refractivity (Wildman–Crippen MR) is 75.9 cm³/mol. The summed E-state index contributed by atoms with van der Waals surface area (Å²) in [5.74, 6) is 0.774. The van der Waals surface area contributed by atoms with Gasteiger partial charge in [0.1, 0.15) is 0 Å². The molecule has 3 unspecified atom stereocenters. The molecule has 2 saturated heterocycles. The number of hydrogen-bond acceptors (Lipinski definition) is 3. The lowest BCUT2D eigenvalue weighted by Crippen LogP contribution is -2.58. The highest BCUT2D eigenvalue weighted by Crippen LogP contribution is 2.27. The Morgan fingerprint density at radius 1 is 1.44 bits per heavy atom. The molecule has 0 spiro atoms. The second-order valence-electron chi connectivity index (χ2n) is 6.92. The molecule has 2 aliphatic rings. The van der Waals surface area contributed by atoms with E-state index in [1.165, 1.54) is 25.8 Å². The van der Waals surface area contributed by atoms with Crippen LogP contribution in [-0.2, 0) is 4.74 Å². The normalized spacial score (nSPS) is 38.5. The molecule has 0 aromatic carbocycles. The molecule has 3 nitrogen and oxygen atoms in total. The molecule has 18 heavy (non-hydrogen) atoms. The van der Waals surface area contributed by atoms with Gasteiger partial charge in [-0.05, 0) is 39.0 Å². The van der Waals surface area contributed by atoms with Gasteiger partial charge in [0.05, 0.1) is 5.60 Å². The first-order chi connectivity index (χ1) is 8.48. The smallest absolute Gasteiger partial charge is 0.0781 e. The van der Waals surface area contributed by atoms with Crippen molar-refractivity contribution in [2.24, 2.45) is 5.92 Å². The summed E-state index contributed by atoms with van der Waals surface area (Å²) in [5, 5.41) is 3.69. The van der Waals surface area contributed by atoms with Gasteiger partial charge in [-0.25, -0.2) is 0 Å². The van der Waals surface area contributed by atoms with Crippen molar-refractivity contribution in [1.29, 1.82) is 0 Å². The summed E-state index contributed by atoms with van der Waals surface area (Å²) in [5.41, 5.74) is 0.105. The Morgan fingerprint density at radius 3 is 2.83 bits per heavy atom. The molecule has 0 amide bonds. The molecule has 2 aliphatic heterocycles. The average molecular weight is 254 g/mol. The number of nitrogens with one attached hydrogen (secondary N) is 1. The Labute approximate surface area is 112 Å². The maximum Gasteiger partial charge on any atom is 0.0781 e. The lowest BCUT2D eigenvalue weighted by molar-refractivity contribution is -0.0262. The van der Waals surface area contributed by atoms with E-state index in [4.69, 9.17) is 4.74 Å². The van der Waals surface area contributed by atoms with Crippen LogP contribution in [0.4, 0.5) is 0 Å². The van der Waals surface area contributed by atoms with Gasteiger partial charge >= 0.3 is 0 Å². The van der Waals surface area contributed by atoms with Crippen LogP contribution < -0.4 is 5.32 Å². The van der Waals surface area contributed by atoms with Gasteiger partial charge in [0.15, 0.2) is 0 Å². The summed E-state index contributed by atoms with van der Waals surface area (Å²) >= 11 is 0. The van der Waals surface area contributed by atoms with Crippen molar-refractivity contribution in [3.05, 3.63) is 0 Å². The third kappa shape index (κ3) is 3.69. The molecule has 1 N–H and O–H groups in total. The van der Waals surface area contributed by atoms with E-state index in [2.05, 4.69) is 37.9 Å². The standard InChI is InChI=1S/C15H30N2O/c1-12(2)8-14-10-17(13(3)9-16-14)11-15(4)6-5-7-18-15/h12-14,16H,5-11H2,1-4H3. The minimum atomic E-state index is 0.105. The first kappa shape index (κ1) is 14.3. The van der Waals surface area contributed by atoms with Crippen molar-refractivity contribution >= 4 is 0 Å². The van der Waals surface area contributed by atoms with E-state index < -0.39 is 0 Å². The molecule has 0 saturated carbocycles. The van der Waals surface area contributed by atoms with Crippen LogP contribution in [0.1, 0.15) is 47.0 Å². The first-order valence-electron chi connectivity index (χ1n) is 7.60. The molecule has 3 heteroatoms. The fourth-order valence-corrected chi connectivity index (χ4v) is 3.33. The largest absolute Gasteiger partial charge is 0.374 e. The fraction of sp³-hybridized carbons (Fsp3) is 1.00. The number of ether oxygens (including phenoxy) is 1. The second-order valence-corrected chi connectivity index (χ2v) is 6.92. The van der Waals surface area contributed by atoms with E-state index in [9.17, 15) is 0 Å². The van der Waals surface area contributed by atoms with Gasteiger partial charge in [-0.2, -0.15) is 0 Å². The van der Waals surface area contributed by atoms with E-state index in [-0.39, 0.29) is 5.60 Å². The van der Waals surface area contributed by atoms with Gasteiger partial charge in [0.2, 0.25) is 0 Å². The quantitative estimate of drug-likeness (QED) is 0.833. The summed E-state index contributed by atoms with van der Waals surface area (Å²) in [4.78, 5) is 2.63. The molecule has 0 aromatic rings. The number of rotatable bonds is 4. The lowest BCUT2D eigenvalue weighted by Gasteiger charge is -2.42. The zero-order chi connectivity index (χ0) is 13.2. The SMILES string of the molecule is CC(C)CC1CN(CC2(C)CCCO2)C(C)CN1. The number of hydrogen-bond donors (Lipinski definition) is 1. The van der Waals surface area contributed by atoms with Crippen LogP contribution in [-0.4, -0.2) is 48.8 Å². The van der Waals surface area contributed by atoms with E-state index in [1.54, 1.807) is 0 Å². The van der Waals surface area contributed by atoms with E-state index in [0.717, 1.165) is 25.6 Å². The Bertz CT molecular complexity index is 261. The van der Waals surface area contributed by atoms with Crippen molar-refractivity contribution < 1.29 is 4.74 Å². The third-order valence-corrected chi connectivity index (χ3v) is 4.37. The molecule has 2 fully saturated rings. The Morgan fingerprint density at radius 2 is 2.22 bits per heavy atom. The highest BCUT2D eigenvalue weighted by molar-refractivity contribution is 4.90. The van der Waals surface area contributed by atoms with Crippen molar-refractivity contribution in [1.82, 2.24) is 10.2 Å². The molecule has 0 bridgehead atoms. The molecular formula is C15H30N2O. The summed E-state index contributed by atoms with van der Waals surface area (Å²) in [6, 6.07) is 1.29. The van der Waals surface area contributed by atoms with Crippen LogP contribution in [0.3, 0.4) is 0 Å². The fourth-order valence-electron chi connectivity index (χ4n) is 3.33. The minimum absolute atomic E-state index is 0.105. The van der Waals surface area contributed by atoms with Crippen molar-refractivity contribution in [3.8, 4) is 0 Å². The summed E-state index contributed by atoms with van der Waals surface area (Å²) < 4.78 is 5.95. The topological polar surface area (TPSA) is 24.5 Å². The predicted octanol–water partition coefficient (Wildman–Crippen LogP) is 2.26. The van der Waals surface area contributed by atoms with Crippen LogP contribution >= 0.6 is 0 Å². The zero-order valence-electron chi connectivity index (χ0n) is 12.5. The van der Waals surface area contributed by atoms with Crippen LogP contribution in [0.25, 0.3) is 0 Å². The van der Waals surface area contributed by atoms with E-state index in [1.807, 2.05) is 0 Å². The zero-order valence-corrected chi connectivity index (χ0v) is 12.5. The third-order valence-electron chi connectivity index (χ3n) is 4.37. The van der Waals surface area contributed by atoms with Gasteiger partial charge in [-0.1, -0.05) is 13.8 Å². The maximum atomic E-state index is 5.95. The molecule has 2 rings (SSSR count). The van der Waals surface area contributed by atoms with Crippen LogP contribution in [0.5, 0.6) is 0 Å². The second kappa shape index (κ2) is 5.89. The highest BCUT2D eigenvalue weighted by atomic mass is 16.5. The lowest BCUT2D eigenvalue weighted by atomic mass is 9.97. The van der Waals surface area contributed by atoms with Gasteiger partial charge in [-0.15, -0.1) is 0 Å². The maximum absolute atomic E-state index is 5.95. The molecule has 2 heterocycles. The molecule has 0 radical (unpaired) electrons.